The van der Waals surface area contributed by atoms with Crippen molar-refractivity contribution in [1.29, 1.82) is 0 Å². The summed E-state index contributed by atoms with van der Waals surface area (Å²) in [6, 6.07) is 13.1. The van der Waals surface area contributed by atoms with Gasteiger partial charge < -0.3 is 9.88 Å². The number of benzene rings is 2. The molecule has 3 nitrogen and oxygen atoms in total. The largest absolute Gasteiger partial charge is 0.326 e. The van der Waals surface area contributed by atoms with E-state index in [-0.39, 0.29) is 5.82 Å². The molecule has 0 saturated heterocycles. The standard InChI is InChI=1S/C16H16FN3/c1-3-11-7-9-12(10-8-11)18-16-19-15-13(17)5-4-6-14(15)20(16)2/h4-10H,3H2,1-2H3,(H,18,19). The van der Waals surface area contributed by atoms with Gasteiger partial charge >= 0.3 is 0 Å². The van der Waals surface area contributed by atoms with E-state index in [4.69, 9.17) is 0 Å². The Bertz CT molecular complexity index is 744. The van der Waals surface area contributed by atoms with Crippen molar-refractivity contribution >= 4 is 22.7 Å². The number of halogens is 1. The Kier molecular flexibility index (Phi) is 3.14. The maximum atomic E-state index is 13.7. The number of para-hydroxylation sites is 1. The van der Waals surface area contributed by atoms with Gasteiger partial charge in [0.25, 0.3) is 0 Å². The van der Waals surface area contributed by atoms with Crippen LogP contribution in [-0.4, -0.2) is 9.55 Å². The highest BCUT2D eigenvalue weighted by atomic mass is 19.1. The fourth-order valence-electron chi connectivity index (χ4n) is 2.24. The molecular formula is C16H16FN3. The Morgan fingerprint density at radius 1 is 1.15 bits per heavy atom. The van der Waals surface area contributed by atoms with Gasteiger partial charge in [-0.2, -0.15) is 0 Å². The summed E-state index contributed by atoms with van der Waals surface area (Å²) in [6.07, 6.45) is 1.01. The summed E-state index contributed by atoms with van der Waals surface area (Å²) in [4.78, 5) is 4.33. The highest BCUT2D eigenvalue weighted by Gasteiger charge is 2.10. The fourth-order valence-corrected chi connectivity index (χ4v) is 2.24. The van der Waals surface area contributed by atoms with Crippen LogP contribution in [0, 0.1) is 5.82 Å². The number of fused-ring (bicyclic) bond motifs is 1. The molecule has 0 aliphatic heterocycles. The first kappa shape index (κ1) is 12.7. The molecule has 3 rings (SSSR count). The van der Waals surface area contributed by atoms with Crippen molar-refractivity contribution in [1.82, 2.24) is 9.55 Å². The van der Waals surface area contributed by atoms with Crippen LogP contribution in [0.2, 0.25) is 0 Å². The average molecular weight is 269 g/mol. The molecular weight excluding hydrogens is 253 g/mol. The summed E-state index contributed by atoms with van der Waals surface area (Å²) in [5.74, 6) is 0.335. The number of aryl methyl sites for hydroxylation is 2. The lowest BCUT2D eigenvalue weighted by molar-refractivity contribution is 0.637. The number of nitrogens with zero attached hydrogens (tertiary/aromatic N) is 2. The van der Waals surface area contributed by atoms with E-state index in [1.807, 2.05) is 29.8 Å². The SMILES string of the molecule is CCc1ccc(Nc2nc3c(F)cccc3n2C)cc1. The maximum absolute atomic E-state index is 13.7. The van der Waals surface area contributed by atoms with E-state index in [0.29, 0.717) is 11.5 Å². The van der Waals surface area contributed by atoms with Gasteiger partial charge in [-0.1, -0.05) is 25.1 Å². The lowest BCUT2D eigenvalue weighted by Gasteiger charge is -2.06. The van der Waals surface area contributed by atoms with Gasteiger partial charge in [-0.15, -0.1) is 0 Å². The van der Waals surface area contributed by atoms with E-state index < -0.39 is 0 Å². The molecule has 0 fully saturated rings. The maximum Gasteiger partial charge on any atom is 0.208 e. The minimum atomic E-state index is -0.299. The first-order valence-electron chi connectivity index (χ1n) is 6.66. The number of nitrogens with one attached hydrogen (secondary N) is 1. The third kappa shape index (κ3) is 2.13. The van der Waals surface area contributed by atoms with Crippen LogP contribution in [0.15, 0.2) is 42.5 Å². The second-order valence-electron chi connectivity index (χ2n) is 4.78. The van der Waals surface area contributed by atoms with Gasteiger partial charge in [0.15, 0.2) is 5.82 Å². The van der Waals surface area contributed by atoms with Crippen LogP contribution in [0.3, 0.4) is 0 Å². The predicted molar refractivity (Wildman–Crippen MR) is 79.8 cm³/mol. The van der Waals surface area contributed by atoms with E-state index in [9.17, 15) is 4.39 Å². The highest BCUT2D eigenvalue weighted by molar-refractivity contribution is 5.80. The first-order valence-corrected chi connectivity index (χ1v) is 6.66. The Balaban J connectivity index is 1.97. The van der Waals surface area contributed by atoms with Crippen LogP contribution in [0.5, 0.6) is 0 Å². The Hall–Kier alpha value is -2.36. The molecule has 0 radical (unpaired) electrons. The zero-order valence-electron chi connectivity index (χ0n) is 11.5. The van der Waals surface area contributed by atoms with Crippen LogP contribution >= 0.6 is 0 Å². The van der Waals surface area contributed by atoms with Crippen LogP contribution in [0.25, 0.3) is 11.0 Å². The molecule has 4 heteroatoms. The molecule has 20 heavy (non-hydrogen) atoms. The number of imidazole rings is 1. The molecule has 1 heterocycles. The van der Waals surface area contributed by atoms with E-state index in [1.54, 1.807) is 6.07 Å². The van der Waals surface area contributed by atoms with Gasteiger partial charge in [0.05, 0.1) is 5.52 Å². The second-order valence-corrected chi connectivity index (χ2v) is 4.78. The Morgan fingerprint density at radius 3 is 2.55 bits per heavy atom. The Labute approximate surface area is 117 Å². The molecule has 0 unspecified atom stereocenters. The summed E-state index contributed by atoms with van der Waals surface area (Å²) in [7, 11) is 1.87. The quantitative estimate of drug-likeness (QED) is 0.778. The molecule has 102 valence electrons. The molecule has 0 atom stereocenters. The normalized spacial score (nSPS) is 10.9. The molecule has 0 spiro atoms. The molecule has 1 N–H and O–H groups in total. The van der Waals surface area contributed by atoms with Gasteiger partial charge in [0.2, 0.25) is 5.95 Å². The van der Waals surface area contributed by atoms with Gasteiger partial charge in [-0.25, -0.2) is 9.37 Å². The molecule has 0 aliphatic carbocycles. The number of aromatic nitrogens is 2. The van der Waals surface area contributed by atoms with E-state index in [0.717, 1.165) is 17.6 Å². The minimum Gasteiger partial charge on any atom is -0.326 e. The van der Waals surface area contributed by atoms with E-state index in [2.05, 4.69) is 29.4 Å². The van der Waals surface area contributed by atoms with Crippen molar-refractivity contribution in [2.75, 3.05) is 5.32 Å². The molecule has 2 aromatic carbocycles. The zero-order valence-corrected chi connectivity index (χ0v) is 11.5. The van der Waals surface area contributed by atoms with Crippen LogP contribution in [-0.2, 0) is 13.5 Å². The van der Waals surface area contributed by atoms with Gasteiger partial charge in [0, 0.05) is 12.7 Å². The van der Waals surface area contributed by atoms with Gasteiger partial charge in [-0.3, -0.25) is 0 Å². The summed E-state index contributed by atoms with van der Waals surface area (Å²) in [6.45, 7) is 2.12. The second kappa shape index (κ2) is 4.96. The predicted octanol–water partition coefficient (Wildman–Crippen LogP) is 4.02. The van der Waals surface area contributed by atoms with Crippen LogP contribution < -0.4 is 5.32 Å². The first-order chi connectivity index (χ1) is 9.69. The summed E-state index contributed by atoms with van der Waals surface area (Å²) < 4.78 is 15.6. The molecule has 0 bridgehead atoms. The summed E-state index contributed by atoms with van der Waals surface area (Å²) in [5.41, 5.74) is 3.40. The van der Waals surface area contributed by atoms with E-state index >= 15 is 0 Å². The molecule has 0 amide bonds. The van der Waals surface area contributed by atoms with Crippen molar-refractivity contribution in [2.45, 2.75) is 13.3 Å². The summed E-state index contributed by atoms with van der Waals surface area (Å²) in [5, 5.41) is 3.23. The number of hydrogen-bond acceptors (Lipinski definition) is 2. The highest BCUT2D eigenvalue weighted by Crippen LogP contribution is 2.23. The molecule has 0 saturated carbocycles. The van der Waals surface area contributed by atoms with Crippen molar-refractivity contribution in [3.05, 3.63) is 53.8 Å². The number of anilines is 2. The van der Waals surface area contributed by atoms with E-state index in [1.165, 1.54) is 11.6 Å². The van der Waals surface area contributed by atoms with Crippen molar-refractivity contribution in [3.8, 4) is 0 Å². The Morgan fingerprint density at radius 2 is 1.90 bits per heavy atom. The average Bonchev–Trinajstić information content (AvgIpc) is 2.79. The smallest absolute Gasteiger partial charge is 0.208 e. The zero-order chi connectivity index (χ0) is 14.1. The van der Waals surface area contributed by atoms with Crippen LogP contribution in [0.1, 0.15) is 12.5 Å². The molecule has 0 aliphatic rings. The van der Waals surface area contributed by atoms with Crippen molar-refractivity contribution < 1.29 is 4.39 Å². The summed E-state index contributed by atoms with van der Waals surface area (Å²) >= 11 is 0. The van der Waals surface area contributed by atoms with Crippen LogP contribution in [0.4, 0.5) is 16.0 Å². The molecule has 1 aromatic heterocycles. The van der Waals surface area contributed by atoms with Crippen molar-refractivity contribution in [2.24, 2.45) is 7.05 Å². The lowest BCUT2D eigenvalue weighted by atomic mass is 10.1. The number of rotatable bonds is 3. The van der Waals surface area contributed by atoms with Gasteiger partial charge in [0.1, 0.15) is 5.52 Å². The minimum absolute atomic E-state index is 0.299. The van der Waals surface area contributed by atoms with Gasteiger partial charge in [-0.05, 0) is 36.2 Å². The number of hydrogen-bond donors (Lipinski definition) is 1. The third-order valence-electron chi connectivity index (χ3n) is 3.48. The van der Waals surface area contributed by atoms with Crippen molar-refractivity contribution in [3.63, 3.8) is 0 Å². The third-order valence-corrected chi connectivity index (χ3v) is 3.48. The fraction of sp³-hybridized carbons (Fsp3) is 0.188. The monoisotopic (exact) mass is 269 g/mol. The topological polar surface area (TPSA) is 29.9 Å². The molecule has 3 aromatic rings. The lowest BCUT2D eigenvalue weighted by Crippen LogP contribution is -1.98.